The summed E-state index contributed by atoms with van der Waals surface area (Å²) in [6.07, 6.45) is 0. The van der Waals surface area contributed by atoms with Crippen molar-refractivity contribution in [2.45, 2.75) is 34.3 Å². The lowest BCUT2D eigenvalue weighted by atomic mass is 10.1. The van der Waals surface area contributed by atoms with Crippen LogP contribution in [0.1, 0.15) is 38.4 Å². The zero-order valence-electron chi connectivity index (χ0n) is 12.7. The Bertz CT molecular complexity index is 649. The Morgan fingerprint density at radius 2 is 2.05 bits per heavy atom. The van der Waals surface area contributed by atoms with Gasteiger partial charge in [-0.1, -0.05) is 0 Å². The second kappa shape index (κ2) is 6.72. The van der Waals surface area contributed by atoms with E-state index in [4.69, 9.17) is 9.47 Å². The van der Waals surface area contributed by atoms with Crippen molar-refractivity contribution in [3.8, 4) is 5.75 Å². The molecule has 2 aromatic rings. The largest absolute Gasteiger partial charge is 0.494 e. The maximum absolute atomic E-state index is 12.1. The molecule has 1 aromatic carbocycles. The second-order valence-corrected chi connectivity index (χ2v) is 6.02. The lowest BCUT2D eigenvalue weighted by Gasteiger charge is -2.09. The summed E-state index contributed by atoms with van der Waals surface area (Å²) in [7, 11) is 0. The highest BCUT2D eigenvalue weighted by Gasteiger charge is 2.12. The van der Waals surface area contributed by atoms with Crippen molar-refractivity contribution in [3.63, 3.8) is 0 Å². The molecule has 0 amide bonds. The first-order chi connectivity index (χ1) is 10.0. The number of thiazole rings is 1. The molecule has 0 saturated heterocycles. The number of rotatable bonds is 5. The van der Waals surface area contributed by atoms with Crippen molar-refractivity contribution < 1.29 is 14.3 Å². The highest BCUT2D eigenvalue weighted by atomic mass is 32.1. The van der Waals surface area contributed by atoms with Crippen molar-refractivity contribution in [1.29, 1.82) is 0 Å². The summed E-state index contributed by atoms with van der Waals surface area (Å²) in [5, 5.41) is 0.982. The van der Waals surface area contributed by atoms with E-state index >= 15 is 0 Å². The van der Waals surface area contributed by atoms with Gasteiger partial charge in [-0.05, 0) is 51.5 Å². The highest BCUT2D eigenvalue weighted by molar-refractivity contribution is 7.11. The molecule has 2 rings (SSSR count). The van der Waals surface area contributed by atoms with Crippen LogP contribution < -0.4 is 4.74 Å². The van der Waals surface area contributed by atoms with E-state index in [-0.39, 0.29) is 12.6 Å². The first kappa shape index (κ1) is 15.5. The minimum atomic E-state index is -0.327. The van der Waals surface area contributed by atoms with Gasteiger partial charge in [0.25, 0.3) is 0 Å². The van der Waals surface area contributed by atoms with Gasteiger partial charge in [-0.3, -0.25) is 0 Å². The Kier molecular flexibility index (Phi) is 4.96. The minimum absolute atomic E-state index is 0.266. The number of aromatic nitrogens is 1. The molecule has 0 spiro atoms. The number of nitrogens with zero attached hydrogens (tertiary/aromatic N) is 1. The molecule has 5 heteroatoms. The smallest absolute Gasteiger partial charge is 0.338 e. The Balaban J connectivity index is 2.03. The van der Waals surface area contributed by atoms with E-state index in [9.17, 15) is 4.79 Å². The molecule has 0 N–H and O–H groups in total. The lowest BCUT2D eigenvalue weighted by molar-refractivity contribution is 0.0476. The summed E-state index contributed by atoms with van der Waals surface area (Å²) in [6, 6.07) is 5.32. The van der Waals surface area contributed by atoms with Crippen LogP contribution in [0.3, 0.4) is 0 Å². The van der Waals surface area contributed by atoms with Crippen molar-refractivity contribution in [2.24, 2.45) is 0 Å². The van der Waals surface area contributed by atoms with Crippen LogP contribution in [0.25, 0.3) is 0 Å². The van der Waals surface area contributed by atoms with Gasteiger partial charge in [0.05, 0.1) is 27.7 Å². The molecule has 0 aliphatic carbocycles. The van der Waals surface area contributed by atoms with E-state index in [2.05, 4.69) is 4.98 Å². The molecule has 0 radical (unpaired) electrons. The fourth-order valence-electron chi connectivity index (χ4n) is 2.02. The van der Waals surface area contributed by atoms with E-state index in [1.165, 1.54) is 0 Å². The summed E-state index contributed by atoms with van der Waals surface area (Å²) in [5.74, 6) is 0.467. The summed E-state index contributed by atoms with van der Waals surface area (Å²) in [6.45, 7) is 8.59. The molecule has 0 aliphatic heterocycles. The highest BCUT2D eigenvalue weighted by Crippen LogP contribution is 2.21. The maximum Gasteiger partial charge on any atom is 0.338 e. The molecule has 0 atom stereocenters. The first-order valence-electron chi connectivity index (χ1n) is 6.84. The fraction of sp³-hybridized carbons (Fsp3) is 0.375. The van der Waals surface area contributed by atoms with E-state index in [0.29, 0.717) is 12.2 Å². The van der Waals surface area contributed by atoms with Gasteiger partial charge in [0.2, 0.25) is 0 Å². The first-order valence-corrected chi connectivity index (χ1v) is 7.66. The molecule has 21 heavy (non-hydrogen) atoms. The third-order valence-electron chi connectivity index (χ3n) is 3.04. The van der Waals surface area contributed by atoms with E-state index in [1.807, 2.05) is 27.7 Å². The van der Waals surface area contributed by atoms with Gasteiger partial charge in [0.1, 0.15) is 12.4 Å². The summed E-state index contributed by atoms with van der Waals surface area (Å²) < 4.78 is 10.8. The Morgan fingerprint density at radius 3 is 2.62 bits per heavy atom. The number of carbonyl (C=O) groups is 1. The van der Waals surface area contributed by atoms with Crippen LogP contribution in [0.5, 0.6) is 5.75 Å². The average molecular weight is 305 g/mol. The van der Waals surface area contributed by atoms with Crippen molar-refractivity contribution in [3.05, 3.63) is 44.9 Å². The molecule has 0 saturated carbocycles. The van der Waals surface area contributed by atoms with Gasteiger partial charge in [-0.25, -0.2) is 9.78 Å². The second-order valence-electron chi connectivity index (χ2n) is 4.73. The summed E-state index contributed by atoms with van der Waals surface area (Å²) >= 11 is 1.56. The number of esters is 1. The molecule has 0 unspecified atom stereocenters. The molecule has 1 heterocycles. The molecule has 112 valence electrons. The predicted octanol–water partition coefficient (Wildman–Crippen LogP) is 3.82. The Hall–Kier alpha value is -1.88. The van der Waals surface area contributed by atoms with Crippen LogP contribution in [-0.4, -0.2) is 17.6 Å². The van der Waals surface area contributed by atoms with Crippen LogP contribution in [0.15, 0.2) is 18.2 Å². The number of aryl methyl sites for hydroxylation is 3. The normalized spacial score (nSPS) is 10.5. The molecular weight excluding hydrogens is 286 g/mol. The van der Waals surface area contributed by atoms with E-state index in [1.54, 1.807) is 29.5 Å². The van der Waals surface area contributed by atoms with E-state index < -0.39 is 0 Å². The zero-order valence-corrected chi connectivity index (χ0v) is 13.5. The SMILES string of the molecule is CCOc1ccc(C(=O)OCc2sc(C)nc2C)cc1C. The van der Waals surface area contributed by atoms with Crippen molar-refractivity contribution >= 4 is 17.3 Å². The standard InChI is InChI=1S/C16H19NO3S/c1-5-19-14-7-6-13(8-10(14)2)16(18)20-9-15-11(3)17-12(4)21-15/h6-8H,5,9H2,1-4H3. The zero-order chi connectivity index (χ0) is 15.4. The lowest BCUT2D eigenvalue weighted by Crippen LogP contribution is -2.06. The molecular formula is C16H19NO3S. The fourth-order valence-corrected chi connectivity index (χ4v) is 2.87. The predicted molar refractivity (Wildman–Crippen MR) is 83.1 cm³/mol. The Morgan fingerprint density at radius 1 is 1.29 bits per heavy atom. The van der Waals surface area contributed by atoms with Gasteiger partial charge < -0.3 is 9.47 Å². The summed E-state index contributed by atoms with van der Waals surface area (Å²) in [5.41, 5.74) is 2.39. The maximum atomic E-state index is 12.1. The molecule has 1 aromatic heterocycles. The van der Waals surface area contributed by atoms with Crippen LogP contribution in [-0.2, 0) is 11.3 Å². The van der Waals surface area contributed by atoms with Gasteiger partial charge in [-0.2, -0.15) is 0 Å². The monoisotopic (exact) mass is 305 g/mol. The van der Waals surface area contributed by atoms with Crippen molar-refractivity contribution in [1.82, 2.24) is 4.98 Å². The van der Waals surface area contributed by atoms with Crippen LogP contribution in [0, 0.1) is 20.8 Å². The third kappa shape index (κ3) is 3.82. The molecule has 4 nitrogen and oxygen atoms in total. The van der Waals surface area contributed by atoms with E-state index in [0.717, 1.165) is 26.9 Å². The van der Waals surface area contributed by atoms with Gasteiger partial charge in [0.15, 0.2) is 0 Å². The minimum Gasteiger partial charge on any atom is -0.494 e. The van der Waals surface area contributed by atoms with Crippen LogP contribution in [0.2, 0.25) is 0 Å². The number of ether oxygens (including phenoxy) is 2. The molecule has 0 aliphatic rings. The average Bonchev–Trinajstić information content (AvgIpc) is 2.76. The quantitative estimate of drug-likeness (QED) is 0.788. The summed E-state index contributed by atoms with van der Waals surface area (Å²) in [4.78, 5) is 17.4. The number of hydrogen-bond donors (Lipinski definition) is 0. The topological polar surface area (TPSA) is 48.4 Å². The van der Waals surface area contributed by atoms with Crippen molar-refractivity contribution in [2.75, 3.05) is 6.61 Å². The van der Waals surface area contributed by atoms with Crippen LogP contribution >= 0.6 is 11.3 Å². The molecule has 0 bridgehead atoms. The number of hydrogen-bond acceptors (Lipinski definition) is 5. The Labute approximate surface area is 128 Å². The van der Waals surface area contributed by atoms with Gasteiger partial charge in [-0.15, -0.1) is 11.3 Å². The van der Waals surface area contributed by atoms with Crippen LogP contribution in [0.4, 0.5) is 0 Å². The number of carbonyl (C=O) groups excluding carboxylic acids is 1. The third-order valence-corrected chi connectivity index (χ3v) is 4.09. The van der Waals surface area contributed by atoms with Gasteiger partial charge in [0, 0.05) is 0 Å². The number of benzene rings is 1. The van der Waals surface area contributed by atoms with Gasteiger partial charge >= 0.3 is 5.97 Å². The molecule has 0 fully saturated rings.